The van der Waals surface area contributed by atoms with E-state index in [1.54, 1.807) is 18.2 Å². The van der Waals surface area contributed by atoms with Crippen LogP contribution in [0, 0.1) is 6.92 Å². The highest BCUT2D eigenvalue weighted by Crippen LogP contribution is 2.35. The van der Waals surface area contributed by atoms with E-state index in [1.165, 1.54) is 11.8 Å². The zero-order valence-corrected chi connectivity index (χ0v) is 16.4. The van der Waals surface area contributed by atoms with Crippen LogP contribution >= 0.6 is 11.8 Å². The molecular weight excluding hydrogens is 378 g/mol. The Labute approximate surface area is 166 Å². The van der Waals surface area contributed by atoms with Crippen LogP contribution in [0.5, 0.6) is 17.2 Å². The van der Waals surface area contributed by atoms with Gasteiger partial charge in [0.2, 0.25) is 6.79 Å². The maximum atomic E-state index is 12.2. The van der Waals surface area contributed by atoms with Crippen LogP contribution in [-0.2, 0) is 11.3 Å². The molecule has 0 radical (unpaired) electrons. The van der Waals surface area contributed by atoms with E-state index in [9.17, 15) is 4.79 Å². The van der Waals surface area contributed by atoms with E-state index in [2.05, 4.69) is 16.3 Å². The fraction of sp³-hybridized carbons (Fsp3) is 0.250. The van der Waals surface area contributed by atoms with Gasteiger partial charge in [0.05, 0.1) is 5.75 Å². The first-order valence-corrected chi connectivity index (χ1v) is 9.86. The minimum absolute atomic E-state index is 0.125. The number of carbonyl (C=O) groups excluding carboxylic acids is 1. The van der Waals surface area contributed by atoms with Crippen molar-refractivity contribution in [2.24, 2.45) is 0 Å². The summed E-state index contributed by atoms with van der Waals surface area (Å²) in [5.41, 5.74) is 2.16. The molecule has 28 heavy (non-hydrogen) atoms. The van der Waals surface area contributed by atoms with Gasteiger partial charge >= 0.3 is 5.97 Å². The van der Waals surface area contributed by atoms with Gasteiger partial charge in [-0.15, -0.1) is 10.2 Å². The molecule has 1 aromatic heterocycles. The highest BCUT2D eigenvalue weighted by Gasteiger charge is 2.17. The standard InChI is InChI=1S/C20H19N3O4S/c1-3-23-19(14-6-4-5-13(2)9-14)21-22-20(23)28-11-18(24)27-15-7-8-16-17(10-15)26-12-25-16/h4-10H,3,11-12H2,1-2H3. The first-order valence-electron chi connectivity index (χ1n) is 8.87. The van der Waals surface area contributed by atoms with Crippen LogP contribution in [0.3, 0.4) is 0 Å². The third-order valence-electron chi connectivity index (χ3n) is 4.20. The molecule has 1 aliphatic rings. The number of nitrogens with zero attached hydrogens (tertiary/aromatic N) is 3. The minimum atomic E-state index is -0.369. The molecule has 8 heteroatoms. The average Bonchev–Trinajstić information content (AvgIpc) is 3.32. The Bertz CT molecular complexity index is 1020. The summed E-state index contributed by atoms with van der Waals surface area (Å²) in [5, 5.41) is 9.24. The Morgan fingerprint density at radius 1 is 1.18 bits per heavy atom. The summed E-state index contributed by atoms with van der Waals surface area (Å²) in [6.07, 6.45) is 0. The number of hydrogen-bond acceptors (Lipinski definition) is 7. The van der Waals surface area contributed by atoms with Gasteiger partial charge in [0.1, 0.15) is 5.75 Å². The summed E-state index contributed by atoms with van der Waals surface area (Å²) in [4.78, 5) is 12.2. The Kier molecular flexibility index (Phi) is 5.21. The molecule has 3 aromatic rings. The van der Waals surface area contributed by atoms with Crippen LogP contribution in [-0.4, -0.2) is 33.3 Å². The molecule has 144 valence electrons. The molecule has 0 N–H and O–H groups in total. The highest BCUT2D eigenvalue weighted by atomic mass is 32.2. The lowest BCUT2D eigenvalue weighted by Gasteiger charge is -2.08. The summed E-state index contributed by atoms with van der Waals surface area (Å²) in [5.74, 6) is 2.19. The van der Waals surface area contributed by atoms with Crippen LogP contribution in [0.25, 0.3) is 11.4 Å². The molecule has 0 spiro atoms. The predicted molar refractivity (Wildman–Crippen MR) is 105 cm³/mol. The highest BCUT2D eigenvalue weighted by molar-refractivity contribution is 7.99. The van der Waals surface area contributed by atoms with Crippen molar-refractivity contribution >= 4 is 17.7 Å². The second-order valence-electron chi connectivity index (χ2n) is 6.20. The lowest BCUT2D eigenvalue weighted by atomic mass is 10.1. The number of aryl methyl sites for hydroxylation is 1. The SMILES string of the molecule is CCn1c(SCC(=O)Oc2ccc3c(c2)OCO3)nnc1-c1cccc(C)c1. The quantitative estimate of drug-likeness (QED) is 0.357. The van der Waals surface area contributed by atoms with Gasteiger partial charge in [-0.25, -0.2) is 0 Å². The van der Waals surface area contributed by atoms with E-state index in [1.807, 2.05) is 36.6 Å². The van der Waals surface area contributed by atoms with Crippen LogP contribution in [0.2, 0.25) is 0 Å². The van der Waals surface area contributed by atoms with E-state index >= 15 is 0 Å². The Morgan fingerprint density at radius 3 is 2.86 bits per heavy atom. The average molecular weight is 397 g/mol. The first-order chi connectivity index (χ1) is 13.6. The van der Waals surface area contributed by atoms with Gasteiger partial charge in [-0.2, -0.15) is 0 Å². The minimum Gasteiger partial charge on any atom is -0.454 e. The van der Waals surface area contributed by atoms with Crippen LogP contribution in [0.1, 0.15) is 12.5 Å². The van der Waals surface area contributed by atoms with Crippen molar-refractivity contribution in [1.29, 1.82) is 0 Å². The molecule has 0 saturated heterocycles. The third kappa shape index (κ3) is 3.82. The molecule has 0 fully saturated rings. The topological polar surface area (TPSA) is 75.5 Å². The molecule has 1 aliphatic heterocycles. The Morgan fingerprint density at radius 2 is 2.04 bits per heavy atom. The number of carbonyl (C=O) groups is 1. The number of aromatic nitrogens is 3. The van der Waals surface area contributed by atoms with Gasteiger partial charge in [0, 0.05) is 18.2 Å². The van der Waals surface area contributed by atoms with Crippen molar-refractivity contribution in [1.82, 2.24) is 14.8 Å². The summed E-state index contributed by atoms with van der Waals surface area (Å²) >= 11 is 1.30. The number of thioether (sulfide) groups is 1. The molecule has 4 rings (SSSR count). The number of benzene rings is 2. The first kappa shape index (κ1) is 18.4. The Balaban J connectivity index is 1.42. The van der Waals surface area contributed by atoms with E-state index < -0.39 is 0 Å². The third-order valence-corrected chi connectivity index (χ3v) is 5.14. The monoisotopic (exact) mass is 397 g/mol. The summed E-state index contributed by atoms with van der Waals surface area (Å²) < 4.78 is 17.9. The molecule has 7 nitrogen and oxygen atoms in total. The van der Waals surface area contributed by atoms with E-state index in [4.69, 9.17) is 14.2 Å². The number of hydrogen-bond donors (Lipinski definition) is 0. The van der Waals surface area contributed by atoms with Gasteiger partial charge in [-0.1, -0.05) is 35.5 Å². The summed E-state index contributed by atoms with van der Waals surface area (Å²) in [6.45, 7) is 4.95. The van der Waals surface area contributed by atoms with Crippen molar-refractivity contribution < 1.29 is 19.0 Å². The van der Waals surface area contributed by atoms with E-state index in [-0.39, 0.29) is 18.5 Å². The maximum absolute atomic E-state index is 12.2. The van der Waals surface area contributed by atoms with Crippen molar-refractivity contribution in [3.05, 3.63) is 48.0 Å². The van der Waals surface area contributed by atoms with Gasteiger partial charge in [0.15, 0.2) is 22.5 Å². The summed E-state index contributed by atoms with van der Waals surface area (Å²) in [6, 6.07) is 13.2. The smallest absolute Gasteiger partial charge is 0.321 e. The second kappa shape index (κ2) is 7.93. The van der Waals surface area contributed by atoms with Crippen molar-refractivity contribution in [2.75, 3.05) is 12.5 Å². The number of ether oxygens (including phenoxy) is 3. The van der Waals surface area contributed by atoms with Crippen LogP contribution < -0.4 is 14.2 Å². The maximum Gasteiger partial charge on any atom is 0.321 e. The molecule has 0 amide bonds. The van der Waals surface area contributed by atoms with E-state index in [0.29, 0.717) is 28.9 Å². The molecule has 2 aromatic carbocycles. The van der Waals surface area contributed by atoms with Gasteiger partial charge < -0.3 is 18.8 Å². The molecule has 0 unspecified atom stereocenters. The molecule has 2 heterocycles. The number of rotatable bonds is 6. The zero-order valence-electron chi connectivity index (χ0n) is 15.5. The second-order valence-corrected chi connectivity index (χ2v) is 7.14. The number of esters is 1. The van der Waals surface area contributed by atoms with Crippen molar-refractivity contribution in [2.45, 2.75) is 25.5 Å². The normalized spacial score (nSPS) is 12.2. The van der Waals surface area contributed by atoms with Crippen LogP contribution in [0.15, 0.2) is 47.6 Å². The zero-order chi connectivity index (χ0) is 19.5. The fourth-order valence-corrected chi connectivity index (χ4v) is 3.68. The van der Waals surface area contributed by atoms with Gasteiger partial charge in [0.25, 0.3) is 0 Å². The Hall–Kier alpha value is -3.00. The van der Waals surface area contributed by atoms with Crippen LogP contribution in [0.4, 0.5) is 0 Å². The summed E-state index contributed by atoms with van der Waals surface area (Å²) in [7, 11) is 0. The fourth-order valence-electron chi connectivity index (χ4n) is 2.90. The predicted octanol–water partition coefficient (Wildman–Crippen LogP) is 3.70. The number of fused-ring (bicyclic) bond motifs is 1. The van der Waals surface area contributed by atoms with Gasteiger partial charge in [-0.05, 0) is 32.0 Å². The van der Waals surface area contributed by atoms with E-state index in [0.717, 1.165) is 17.0 Å². The largest absolute Gasteiger partial charge is 0.454 e. The molecule has 0 aliphatic carbocycles. The molecule has 0 bridgehead atoms. The molecule has 0 atom stereocenters. The lowest BCUT2D eigenvalue weighted by molar-refractivity contribution is -0.131. The molecular formula is C20H19N3O4S. The van der Waals surface area contributed by atoms with Crippen molar-refractivity contribution in [3.8, 4) is 28.6 Å². The lowest BCUT2D eigenvalue weighted by Crippen LogP contribution is -2.11. The van der Waals surface area contributed by atoms with Crippen molar-refractivity contribution in [3.63, 3.8) is 0 Å². The van der Waals surface area contributed by atoms with Gasteiger partial charge in [-0.3, -0.25) is 4.79 Å². The molecule has 0 saturated carbocycles.